The van der Waals surface area contributed by atoms with E-state index in [0.717, 1.165) is 31.2 Å². The van der Waals surface area contributed by atoms with Gasteiger partial charge in [0, 0.05) is 12.2 Å². The van der Waals surface area contributed by atoms with Crippen molar-refractivity contribution in [3.63, 3.8) is 0 Å². The Morgan fingerprint density at radius 2 is 2.14 bits per heavy atom. The SMILES string of the molecule is Cc1ccn2c(=O)c(C(=O)NC3CCCC3)c(O)nc2c1. The van der Waals surface area contributed by atoms with Gasteiger partial charge in [-0.05, 0) is 37.5 Å². The highest BCUT2D eigenvalue weighted by molar-refractivity contribution is 5.96. The highest BCUT2D eigenvalue weighted by atomic mass is 16.3. The zero-order valence-electron chi connectivity index (χ0n) is 11.8. The molecule has 1 aliphatic rings. The Morgan fingerprint density at radius 1 is 1.43 bits per heavy atom. The van der Waals surface area contributed by atoms with Gasteiger partial charge in [-0.1, -0.05) is 12.8 Å². The van der Waals surface area contributed by atoms with Crippen molar-refractivity contribution in [2.75, 3.05) is 0 Å². The van der Waals surface area contributed by atoms with Crippen LogP contribution in [-0.4, -0.2) is 26.4 Å². The highest BCUT2D eigenvalue weighted by Crippen LogP contribution is 2.19. The van der Waals surface area contributed by atoms with Crippen molar-refractivity contribution < 1.29 is 9.90 Å². The second kappa shape index (κ2) is 5.20. The van der Waals surface area contributed by atoms with Crippen molar-refractivity contribution in [3.05, 3.63) is 39.8 Å². The monoisotopic (exact) mass is 287 g/mol. The van der Waals surface area contributed by atoms with Crippen LogP contribution in [0.25, 0.3) is 5.65 Å². The molecule has 2 N–H and O–H groups in total. The molecule has 0 aromatic carbocycles. The number of fused-ring (bicyclic) bond motifs is 1. The molecule has 6 heteroatoms. The molecule has 0 aliphatic heterocycles. The molecule has 2 aromatic rings. The van der Waals surface area contributed by atoms with Gasteiger partial charge in [0.2, 0.25) is 5.88 Å². The van der Waals surface area contributed by atoms with E-state index in [0.29, 0.717) is 5.65 Å². The molecule has 1 fully saturated rings. The first-order valence-corrected chi connectivity index (χ1v) is 7.09. The molecular formula is C15H17N3O3. The topological polar surface area (TPSA) is 83.7 Å². The van der Waals surface area contributed by atoms with Crippen molar-refractivity contribution in [2.24, 2.45) is 0 Å². The zero-order valence-corrected chi connectivity index (χ0v) is 11.8. The number of aromatic hydroxyl groups is 1. The Morgan fingerprint density at radius 3 is 2.86 bits per heavy atom. The van der Waals surface area contributed by atoms with Gasteiger partial charge in [0.15, 0.2) is 5.56 Å². The van der Waals surface area contributed by atoms with Crippen LogP contribution in [0.5, 0.6) is 5.88 Å². The summed E-state index contributed by atoms with van der Waals surface area (Å²) in [7, 11) is 0. The van der Waals surface area contributed by atoms with Crippen LogP contribution in [0.3, 0.4) is 0 Å². The number of carbonyl (C=O) groups excluding carboxylic acids is 1. The second-order valence-electron chi connectivity index (χ2n) is 5.50. The van der Waals surface area contributed by atoms with Crippen molar-refractivity contribution >= 4 is 11.6 Å². The first-order valence-electron chi connectivity index (χ1n) is 7.09. The van der Waals surface area contributed by atoms with E-state index in [1.807, 2.05) is 6.92 Å². The summed E-state index contributed by atoms with van der Waals surface area (Å²) in [5, 5.41) is 12.7. The smallest absolute Gasteiger partial charge is 0.274 e. The van der Waals surface area contributed by atoms with Gasteiger partial charge < -0.3 is 10.4 Å². The summed E-state index contributed by atoms with van der Waals surface area (Å²) in [5.74, 6) is -1.06. The minimum atomic E-state index is -0.549. The maximum atomic E-state index is 12.4. The van der Waals surface area contributed by atoms with Crippen molar-refractivity contribution in [2.45, 2.75) is 38.6 Å². The van der Waals surface area contributed by atoms with E-state index in [-0.39, 0.29) is 11.6 Å². The van der Waals surface area contributed by atoms with Crippen LogP contribution in [0.4, 0.5) is 0 Å². The number of aromatic nitrogens is 2. The maximum absolute atomic E-state index is 12.4. The molecule has 110 valence electrons. The van der Waals surface area contributed by atoms with Gasteiger partial charge in [0.1, 0.15) is 5.65 Å². The van der Waals surface area contributed by atoms with E-state index in [4.69, 9.17) is 0 Å². The number of rotatable bonds is 2. The van der Waals surface area contributed by atoms with E-state index >= 15 is 0 Å². The molecule has 2 heterocycles. The number of aryl methyl sites for hydroxylation is 1. The molecule has 1 aliphatic carbocycles. The molecule has 0 unspecified atom stereocenters. The summed E-state index contributed by atoms with van der Waals surface area (Å²) < 4.78 is 1.27. The van der Waals surface area contributed by atoms with Crippen molar-refractivity contribution in [3.8, 4) is 5.88 Å². The van der Waals surface area contributed by atoms with Crippen LogP contribution < -0.4 is 10.9 Å². The van der Waals surface area contributed by atoms with E-state index in [9.17, 15) is 14.7 Å². The number of hydrogen-bond acceptors (Lipinski definition) is 4. The number of nitrogens with zero attached hydrogens (tertiary/aromatic N) is 2. The van der Waals surface area contributed by atoms with Gasteiger partial charge in [0.05, 0.1) is 0 Å². The van der Waals surface area contributed by atoms with Crippen LogP contribution in [0, 0.1) is 6.92 Å². The average molecular weight is 287 g/mol. The predicted octanol–water partition coefficient (Wildman–Crippen LogP) is 1.38. The Kier molecular flexibility index (Phi) is 3.37. The Hall–Kier alpha value is -2.37. The van der Waals surface area contributed by atoms with Gasteiger partial charge >= 0.3 is 0 Å². The molecule has 0 atom stereocenters. The summed E-state index contributed by atoms with van der Waals surface area (Å²) in [6.45, 7) is 1.86. The number of carbonyl (C=O) groups is 1. The van der Waals surface area contributed by atoms with Gasteiger partial charge in [-0.25, -0.2) is 0 Å². The molecule has 21 heavy (non-hydrogen) atoms. The van der Waals surface area contributed by atoms with Crippen molar-refractivity contribution in [1.29, 1.82) is 0 Å². The minimum absolute atomic E-state index is 0.0787. The quantitative estimate of drug-likeness (QED) is 0.874. The zero-order chi connectivity index (χ0) is 15.0. The first kappa shape index (κ1) is 13.6. The summed E-state index contributed by atoms with van der Waals surface area (Å²) >= 11 is 0. The third-order valence-corrected chi connectivity index (χ3v) is 3.88. The molecule has 3 rings (SSSR count). The Balaban J connectivity index is 2.03. The molecule has 0 spiro atoms. The lowest BCUT2D eigenvalue weighted by atomic mass is 10.2. The van der Waals surface area contributed by atoms with Gasteiger partial charge in [-0.2, -0.15) is 4.98 Å². The third-order valence-electron chi connectivity index (χ3n) is 3.88. The van der Waals surface area contributed by atoms with E-state index in [1.54, 1.807) is 18.3 Å². The molecule has 0 radical (unpaired) electrons. The van der Waals surface area contributed by atoms with Crippen LogP contribution >= 0.6 is 0 Å². The second-order valence-corrected chi connectivity index (χ2v) is 5.50. The summed E-state index contributed by atoms with van der Waals surface area (Å²) in [6, 6.07) is 3.51. The average Bonchev–Trinajstić information content (AvgIpc) is 2.90. The van der Waals surface area contributed by atoms with Crippen LogP contribution in [0.2, 0.25) is 0 Å². The molecule has 0 bridgehead atoms. The summed E-state index contributed by atoms with van der Waals surface area (Å²) in [4.78, 5) is 28.6. The van der Waals surface area contributed by atoms with Gasteiger partial charge in [-0.3, -0.25) is 14.0 Å². The molecule has 6 nitrogen and oxygen atoms in total. The van der Waals surface area contributed by atoms with Crippen LogP contribution in [0.15, 0.2) is 23.1 Å². The minimum Gasteiger partial charge on any atom is -0.493 e. The Bertz CT molecular complexity index is 761. The fourth-order valence-corrected chi connectivity index (χ4v) is 2.75. The number of nitrogens with one attached hydrogen (secondary N) is 1. The summed E-state index contributed by atoms with van der Waals surface area (Å²) in [6.07, 6.45) is 5.53. The largest absolute Gasteiger partial charge is 0.493 e. The Labute approximate surface area is 121 Å². The van der Waals surface area contributed by atoms with Crippen molar-refractivity contribution in [1.82, 2.24) is 14.7 Å². The lowest BCUT2D eigenvalue weighted by Gasteiger charge is -2.12. The summed E-state index contributed by atoms with van der Waals surface area (Å²) in [5.41, 5.74) is 0.413. The lowest BCUT2D eigenvalue weighted by Crippen LogP contribution is -2.37. The number of amides is 1. The van der Waals surface area contributed by atoms with Crippen LogP contribution in [0.1, 0.15) is 41.6 Å². The fourth-order valence-electron chi connectivity index (χ4n) is 2.75. The predicted molar refractivity (Wildman–Crippen MR) is 77.6 cm³/mol. The molecule has 2 aromatic heterocycles. The third kappa shape index (κ3) is 2.49. The van der Waals surface area contributed by atoms with E-state index < -0.39 is 17.3 Å². The molecule has 1 saturated carbocycles. The first-order chi connectivity index (χ1) is 10.1. The standard InChI is InChI=1S/C15H17N3O3/c1-9-6-7-18-11(8-9)17-14(20)12(15(18)21)13(19)16-10-4-2-3-5-10/h6-8,10,20H,2-5H2,1H3,(H,16,19). The molecule has 0 saturated heterocycles. The van der Waals surface area contributed by atoms with E-state index in [1.165, 1.54) is 4.40 Å². The maximum Gasteiger partial charge on any atom is 0.274 e. The highest BCUT2D eigenvalue weighted by Gasteiger charge is 2.24. The van der Waals surface area contributed by atoms with Gasteiger partial charge in [0.25, 0.3) is 11.5 Å². The molecular weight excluding hydrogens is 270 g/mol. The lowest BCUT2D eigenvalue weighted by molar-refractivity contribution is 0.0932. The number of pyridine rings is 1. The fraction of sp³-hybridized carbons (Fsp3) is 0.400. The number of hydrogen-bond donors (Lipinski definition) is 2. The van der Waals surface area contributed by atoms with E-state index in [2.05, 4.69) is 10.3 Å². The van der Waals surface area contributed by atoms with Gasteiger partial charge in [-0.15, -0.1) is 0 Å². The molecule has 1 amide bonds. The normalized spacial score (nSPS) is 15.5. The van der Waals surface area contributed by atoms with Crippen LogP contribution in [-0.2, 0) is 0 Å².